The van der Waals surface area contributed by atoms with E-state index >= 15 is 0 Å². The third kappa shape index (κ3) is 2.14. The molecule has 1 fully saturated rings. The maximum atomic E-state index is 12.2. The van der Waals surface area contributed by atoms with Crippen molar-refractivity contribution in [3.63, 3.8) is 0 Å². The van der Waals surface area contributed by atoms with Crippen LogP contribution >= 0.6 is 11.6 Å². The summed E-state index contributed by atoms with van der Waals surface area (Å²) in [6.07, 6.45) is 0.584. The maximum Gasteiger partial charge on any atom is 0.239 e. The Morgan fingerprint density at radius 1 is 1.53 bits per heavy atom. The average molecular weight is 275 g/mol. The van der Waals surface area contributed by atoms with Crippen LogP contribution in [0.15, 0.2) is 18.2 Å². The van der Waals surface area contributed by atoms with Gasteiger partial charge in [0.1, 0.15) is 0 Å². The summed E-state index contributed by atoms with van der Waals surface area (Å²) in [6.45, 7) is 2.52. The number of benzene rings is 1. The Morgan fingerprint density at radius 2 is 2.24 bits per heavy atom. The molecule has 1 aliphatic rings. The first kappa shape index (κ1) is 12.7. The average Bonchev–Trinajstić information content (AvgIpc) is 2.54. The van der Waals surface area contributed by atoms with Gasteiger partial charge in [0.05, 0.1) is 10.9 Å². The van der Waals surface area contributed by atoms with Crippen LogP contribution in [0.25, 0.3) is 0 Å². The molecule has 17 heavy (non-hydrogen) atoms. The summed E-state index contributed by atoms with van der Waals surface area (Å²) >= 11 is 5.86. The minimum absolute atomic E-state index is 0.172. The van der Waals surface area contributed by atoms with Crippen molar-refractivity contribution >= 4 is 27.3 Å². The highest BCUT2D eigenvalue weighted by Gasteiger charge is 2.38. The molecule has 2 N–H and O–H groups in total. The number of anilines is 1. The Labute approximate surface area is 106 Å². The molecule has 0 aliphatic carbocycles. The molecule has 1 heterocycles. The molecule has 0 unspecified atom stereocenters. The number of nitrogens with two attached hydrogens (primary N) is 1. The zero-order valence-corrected chi connectivity index (χ0v) is 11.1. The molecule has 0 amide bonds. The zero-order chi connectivity index (χ0) is 12.6. The first-order valence-electron chi connectivity index (χ1n) is 5.44. The fourth-order valence-electron chi connectivity index (χ4n) is 2.11. The molecular formula is C11H15ClN2O2S. The van der Waals surface area contributed by atoms with Crippen molar-refractivity contribution in [2.45, 2.75) is 18.6 Å². The van der Waals surface area contributed by atoms with E-state index in [4.69, 9.17) is 17.3 Å². The van der Waals surface area contributed by atoms with Gasteiger partial charge in [0.15, 0.2) is 0 Å². The topological polar surface area (TPSA) is 63.4 Å². The highest BCUT2D eigenvalue weighted by atomic mass is 35.5. The molecule has 1 aliphatic heterocycles. The molecule has 0 saturated carbocycles. The summed E-state index contributed by atoms with van der Waals surface area (Å²) in [5, 5.41) is 0.149. The van der Waals surface area contributed by atoms with Crippen LogP contribution in [0.2, 0.25) is 5.02 Å². The molecule has 2 rings (SSSR count). The maximum absolute atomic E-state index is 12.2. The molecular weight excluding hydrogens is 260 g/mol. The van der Waals surface area contributed by atoms with Crippen LogP contribution in [0.3, 0.4) is 0 Å². The van der Waals surface area contributed by atoms with Gasteiger partial charge in [-0.2, -0.15) is 0 Å². The standard InChI is InChI=1S/C11H15ClN2O2S/c1-8-6-9(12)2-3-11(8)14-5-4-10(7-13)17(14,15)16/h2-3,6,10H,4-5,7,13H2,1H3/t10-/m0/s1. The van der Waals surface area contributed by atoms with Crippen LogP contribution in [-0.4, -0.2) is 26.8 Å². The normalized spacial score (nSPS) is 23.0. The van der Waals surface area contributed by atoms with E-state index < -0.39 is 15.3 Å². The summed E-state index contributed by atoms with van der Waals surface area (Å²) in [5.41, 5.74) is 7.04. The second-order valence-corrected chi connectivity index (χ2v) is 6.77. The minimum Gasteiger partial charge on any atom is -0.329 e. The fraction of sp³-hybridized carbons (Fsp3) is 0.455. The van der Waals surface area contributed by atoms with Crippen molar-refractivity contribution in [1.29, 1.82) is 0 Å². The van der Waals surface area contributed by atoms with Gasteiger partial charge in [-0.15, -0.1) is 0 Å². The number of halogens is 1. The summed E-state index contributed by atoms with van der Waals surface area (Å²) in [4.78, 5) is 0. The van der Waals surface area contributed by atoms with Gasteiger partial charge in [0.25, 0.3) is 0 Å². The van der Waals surface area contributed by atoms with Crippen LogP contribution in [0.1, 0.15) is 12.0 Å². The third-order valence-corrected chi connectivity index (χ3v) is 5.57. The lowest BCUT2D eigenvalue weighted by Crippen LogP contribution is -2.33. The molecule has 1 aromatic rings. The lowest BCUT2D eigenvalue weighted by Gasteiger charge is -2.20. The third-order valence-electron chi connectivity index (χ3n) is 3.07. The van der Waals surface area contributed by atoms with Crippen molar-refractivity contribution in [3.8, 4) is 0 Å². The van der Waals surface area contributed by atoms with Gasteiger partial charge >= 0.3 is 0 Å². The molecule has 1 saturated heterocycles. The molecule has 4 nitrogen and oxygen atoms in total. The Bertz CT molecular complexity index is 530. The van der Waals surface area contributed by atoms with E-state index in [0.29, 0.717) is 23.7 Å². The molecule has 6 heteroatoms. The second-order valence-electron chi connectivity index (χ2n) is 4.19. The highest BCUT2D eigenvalue weighted by Crippen LogP contribution is 2.31. The Kier molecular flexibility index (Phi) is 3.34. The van der Waals surface area contributed by atoms with Crippen LogP contribution in [0.4, 0.5) is 5.69 Å². The van der Waals surface area contributed by atoms with Gasteiger partial charge < -0.3 is 5.73 Å². The van der Waals surface area contributed by atoms with Crippen molar-refractivity contribution in [3.05, 3.63) is 28.8 Å². The van der Waals surface area contributed by atoms with Gasteiger partial charge in [-0.1, -0.05) is 11.6 Å². The van der Waals surface area contributed by atoms with Gasteiger partial charge in [-0.3, -0.25) is 4.31 Å². The lowest BCUT2D eigenvalue weighted by atomic mass is 10.2. The van der Waals surface area contributed by atoms with Gasteiger partial charge in [-0.25, -0.2) is 8.42 Å². The van der Waals surface area contributed by atoms with E-state index in [9.17, 15) is 8.42 Å². The second kappa shape index (κ2) is 4.48. The Morgan fingerprint density at radius 3 is 2.76 bits per heavy atom. The Balaban J connectivity index is 2.42. The SMILES string of the molecule is Cc1cc(Cl)ccc1N1CC[C@@H](CN)S1(=O)=O. The summed E-state index contributed by atoms with van der Waals surface area (Å²) in [6, 6.07) is 5.21. The highest BCUT2D eigenvalue weighted by molar-refractivity contribution is 7.93. The molecule has 1 atom stereocenters. The lowest BCUT2D eigenvalue weighted by molar-refractivity contribution is 0.588. The van der Waals surface area contributed by atoms with E-state index in [0.717, 1.165) is 5.56 Å². The van der Waals surface area contributed by atoms with Crippen LogP contribution in [-0.2, 0) is 10.0 Å². The van der Waals surface area contributed by atoms with Crippen molar-refractivity contribution in [1.82, 2.24) is 0 Å². The van der Waals surface area contributed by atoms with Crippen molar-refractivity contribution in [2.24, 2.45) is 5.73 Å². The molecule has 0 spiro atoms. The first-order valence-corrected chi connectivity index (χ1v) is 7.32. The Hall–Kier alpha value is -0.780. The molecule has 0 bridgehead atoms. The number of rotatable bonds is 2. The van der Waals surface area contributed by atoms with E-state index in [1.807, 2.05) is 6.92 Å². The number of hydrogen-bond donors (Lipinski definition) is 1. The minimum atomic E-state index is -3.30. The number of nitrogens with zero attached hydrogens (tertiary/aromatic N) is 1. The van der Waals surface area contributed by atoms with Crippen LogP contribution < -0.4 is 10.0 Å². The van der Waals surface area contributed by atoms with Gasteiger partial charge in [0, 0.05) is 18.1 Å². The van der Waals surface area contributed by atoms with Gasteiger partial charge in [0.2, 0.25) is 10.0 Å². The number of hydrogen-bond acceptors (Lipinski definition) is 3. The number of aryl methyl sites for hydroxylation is 1. The largest absolute Gasteiger partial charge is 0.329 e. The monoisotopic (exact) mass is 274 g/mol. The first-order chi connectivity index (χ1) is 7.96. The van der Waals surface area contributed by atoms with Crippen LogP contribution in [0, 0.1) is 6.92 Å². The van der Waals surface area contributed by atoms with Crippen molar-refractivity contribution < 1.29 is 8.42 Å². The molecule has 94 valence electrons. The molecule has 0 aromatic heterocycles. The van der Waals surface area contributed by atoms with E-state index in [1.54, 1.807) is 18.2 Å². The van der Waals surface area contributed by atoms with E-state index in [1.165, 1.54) is 4.31 Å². The fourth-order valence-corrected chi connectivity index (χ4v) is 4.18. The number of sulfonamides is 1. The molecule has 0 radical (unpaired) electrons. The van der Waals surface area contributed by atoms with Gasteiger partial charge in [-0.05, 0) is 37.1 Å². The quantitative estimate of drug-likeness (QED) is 0.889. The smallest absolute Gasteiger partial charge is 0.239 e. The summed E-state index contributed by atoms with van der Waals surface area (Å²) in [5.74, 6) is 0. The summed E-state index contributed by atoms with van der Waals surface area (Å²) in [7, 11) is -3.30. The molecule has 1 aromatic carbocycles. The van der Waals surface area contributed by atoms with Crippen LogP contribution in [0.5, 0.6) is 0 Å². The predicted octanol–water partition coefficient (Wildman–Crippen LogP) is 1.52. The van der Waals surface area contributed by atoms with Crippen molar-refractivity contribution in [2.75, 3.05) is 17.4 Å². The zero-order valence-electron chi connectivity index (χ0n) is 9.56. The summed E-state index contributed by atoms with van der Waals surface area (Å²) < 4.78 is 25.8. The van der Waals surface area contributed by atoms with E-state index in [-0.39, 0.29) is 6.54 Å². The van der Waals surface area contributed by atoms with E-state index in [2.05, 4.69) is 0 Å². The predicted molar refractivity (Wildman–Crippen MR) is 69.9 cm³/mol.